The van der Waals surface area contributed by atoms with E-state index in [0.29, 0.717) is 16.4 Å². The van der Waals surface area contributed by atoms with Crippen LogP contribution in [0.25, 0.3) is 10.8 Å². The third kappa shape index (κ3) is 3.33. The monoisotopic (exact) mass is 368 g/mol. The first-order valence-corrected chi connectivity index (χ1v) is 9.13. The van der Waals surface area contributed by atoms with E-state index >= 15 is 0 Å². The molecule has 2 aliphatic rings. The highest BCUT2D eigenvalue weighted by atomic mass is 32.1. The lowest BCUT2D eigenvalue weighted by molar-refractivity contribution is 0.0389. The van der Waals surface area contributed by atoms with Crippen LogP contribution in [0.1, 0.15) is 15.9 Å². The molecule has 0 radical (unpaired) electrons. The summed E-state index contributed by atoms with van der Waals surface area (Å²) in [6.07, 6.45) is 0. The summed E-state index contributed by atoms with van der Waals surface area (Å²) < 4.78 is 5.33. The molecule has 2 aromatic rings. The van der Waals surface area contributed by atoms with Crippen molar-refractivity contribution >= 4 is 39.6 Å². The standard InChI is InChI=1S/C19H20N4O2S/c24-18-15-6-2-4-13-3-1-5-14(16(13)15)17(18)21-22-19(26)20-7-8-23-9-11-25-12-10-23/h1-6H,7-12H2,(H2,20,22,26)/b21-17-. The number of hydrogen-bond donors (Lipinski definition) is 2. The Morgan fingerprint density at radius 3 is 2.65 bits per heavy atom. The quantitative estimate of drug-likeness (QED) is 0.630. The number of ether oxygens (including phenoxy) is 1. The van der Waals surface area contributed by atoms with E-state index in [2.05, 4.69) is 20.7 Å². The Morgan fingerprint density at radius 2 is 1.88 bits per heavy atom. The zero-order valence-corrected chi connectivity index (χ0v) is 15.1. The van der Waals surface area contributed by atoms with E-state index in [9.17, 15) is 4.79 Å². The molecule has 0 unspecified atom stereocenters. The second-order valence-electron chi connectivity index (χ2n) is 6.32. The lowest BCUT2D eigenvalue weighted by Crippen LogP contribution is -2.43. The Labute approximate surface area is 157 Å². The third-order valence-electron chi connectivity index (χ3n) is 4.71. The molecule has 0 bridgehead atoms. The van der Waals surface area contributed by atoms with Crippen LogP contribution in [0, 0.1) is 0 Å². The maximum atomic E-state index is 12.7. The van der Waals surface area contributed by atoms with E-state index < -0.39 is 0 Å². The zero-order chi connectivity index (χ0) is 17.9. The molecule has 0 amide bonds. The number of carbonyl (C=O) groups is 1. The average molecular weight is 368 g/mol. The summed E-state index contributed by atoms with van der Waals surface area (Å²) in [5.74, 6) is -0.0691. The minimum atomic E-state index is -0.0691. The Balaban J connectivity index is 1.39. The van der Waals surface area contributed by atoms with Crippen LogP contribution in [0.5, 0.6) is 0 Å². The van der Waals surface area contributed by atoms with Gasteiger partial charge >= 0.3 is 0 Å². The van der Waals surface area contributed by atoms with Crippen LogP contribution in [0.3, 0.4) is 0 Å². The Morgan fingerprint density at radius 1 is 1.15 bits per heavy atom. The number of hydrogen-bond acceptors (Lipinski definition) is 5. The normalized spacial score (nSPS) is 18.5. The maximum absolute atomic E-state index is 12.7. The summed E-state index contributed by atoms with van der Waals surface area (Å²) in [5, 5.41) is 9.85. The minimum Gasteiger partial charge on any atom is -0.379 e. The van der Waals surface area contributed by atoms with Gasteiger partial charge in [-0.25, -0.2) is 0 Å². The molecule has 0 aromatic heterocycles. The van der Waals surface area contributed by atoms with Crippen molar-refractivity contribution < 1.29 is 9.53 Å². The van der Waals surface area contributed by atoms with Gasteiger partial charge in [0, 0.05) is 42.7 Å². The highest BCUT2D eigenvalue weighted by Crippen LogP contribution is 2.30. The molecule has 1 heterocycles. The molecule has 0 atom stereocenters. The lowest BCUT2D eigenvalue weighted by atomic mass is 10.1. The predicted octanol–water partition coefficient (Wildman–Crippen LogP) is 1.54. The SMILES string of the molecule is O=C1/C(=N\NC(=S)NCCN2CCOCC2)c2cccc3cccc1c23. The van der Waals surface area contributed by atoms with Gasteiger partial charge < -0.3 is 10.1 Å². The maximum Gasteiger partial charge on any atom is 0.214 e. The highest BCUT2D eigenvalue weighted by Gasteiger charge is 2.28. The van der Waals surface area contributed by atoms with E-state index in [4.69, 9.17) is 17.0 Å². The van der Waals surface area contributed by atoms with Crippen molar-refractivity contribution in [3.05, 3.63) is 47.5 Å². The van der Waals surface area contributed by atoms with E-state index in [1.54, 1.807) is 0 Å². The van der Waals surface area contributed by atoms with Gasteiger partial charge in [0.25, 0.3) is 0 Å². The number of carbonyl (C=O) groups excluding carboxylic acids is 1. The fourth-order valence-corrected chi connectivity index (χ4v) is 3.53. The second-order valence-corrected chi connectivity index (χ2v) is 6.73. The number of hydrazone groups is 1. The first-order chi connectivity index (χ1) is 12.7. The number of nitrogens with zero attached hydrogens (tertiary/aromatic N) is 2. The number of Topliss-reactive ketones (excluding diaryl/α,β-unsaturated/α-hetero) is 1. The fourth-order valence-electron chi connectivity index (χ4n) is 3.39. The van der Waals surface area contributed by atoms with Gasteiger partial charge in [-0.2, -0.15) is 5.10 Å². The van der Waals surface area contributed by atoms with E-state index in [1.807, 2.05) is 36.4 Å². The number of rotatable bonds is 4. The van der Waals surface area contributed by atoms with Crippen LogP contribution in [0.2, 0.25) is 0 Å². The van der Waals surface area contributed by atoms with E-state index in [1.165, 1.54) is 0 Å². The van der Waals surface area contributed by atoms with E-state index in [0.717, 1.165) is 55.7 Å². The van der Waals surface area contributed by atoms with Crippen molar-refractivity contribution in [1.29, 1.82) is 0 Å². The van der Waals surface area contributed by atoms with Gasteiger partial charge in [0.15, 0.2) is 5.11 Å². The van der Waals surface area contributed by atoms with Crippen LogP contribution in [-0.4, -0.2) is 60.9 Å². The number of thiocarbonyl (C=S) groups is 1. The first-order valence-electron chi connectivity index (χ1n) is 8.72. The Hall–Kier alpha value is -2.35. The van der Waals surface area contributed by atoms with Crippen molar-refractivity contribution in [3.8, 4) is 0 Å². The molecular weight excluding hydrogens is 348 g/mol. The van der Waals surface area contributed by atoms with Crippen molar-refractivity contribution in [1.82, 2.24) is 15.6 Å². The summed E-state index contributed by atoms with van der Waals surface area (Å²) in [4.78, 5) is 15.0. The van der Waals surface area contributed by atoms with Gasteiger partial charge in [0.2, 0.25) is 5.78 Å². The van der Waals surface area contributed by atoms with Crippen LogP contribution in [-0.2, 0) is 4.74 Å². The van der Waals surface area contributed by atoms with Crippen molar-refractivity contribution in [2.45, 2.75) is 0 Å². The molecule has 2 aromatic carbocycles. The summed E-state index contributed by atoms with van der Waals surface area (Å²) in [7, 11) is 0. The molecule has 4 rings (SSSR count). The molecule has 1 fully saturated rings. The van der Waals surface area contributed by atoms with Crippen molar-refractivity contribution in [2.24, 2.45) is 5.10 Å². The molecule has 134 valence electrons. The lowest BCUT2D eigenvalue weighted by Gasteiger charge is -2.26. The van der Waals surface area contributed by atoms with E-state index in [-0.39, 0.29) is 5.78 Å². The van der Waals surface area contributed by atoms with Gasteiger partial charge in [-0.3, -0.25) is 15.1 Å². The summed E-state index contributed by atoms with van der Waals surface area (Å²) in [6.45, 7) is 5.07. The van der Waals surface area contributed by atoms with Gasteiger partial charge in [0.1, 0.15) is 5.71 Å². The molecular formula is C19H20N4O2S. The topological polar surface area (TPSA) is 66.0 Å². The number of ketones is 1. The average Bonchev–Trinajstić information content (AvgIpc) is 2.95. The molecule has 1 aliphatic heterocycles. The predicted molar refractivity (Wildman–Crippen MR) is 106 cm³/mol. The molecule has 26 heavy (non-hydrogen) atoms. The summed E-state index contributed by atoms with van der Waals surface area (Å²) in [5.41, 5.74) is 4.78. The van der Waals surface area contributed by atoms with Crippen LogP contribution < -0.4 is 10.7 Å². The van der Waals surface area contributed by atoms with Crippen LogP contribution >= 0.6 is 12.2 Å². The number of nitrogens with one attached hydrogen (secondary N) is 2. The molecule has 7 heteroatoms. The van der Waals surface area contributed by atoms with Crippen molar-refractivity contribution in [3.63, 3.8) is 0 Å². The second kappa shape index (κ2) is 7.49. The molecule has 1 aliphatic carbocycles. The molecule has 6 nitrogen and oxygen atoms in total. The largest absolute Gasteiger partial charge is 0.379 e. The fraction of sp³-hybridized carbons (Fsp3) is 0.316. The van der Waals surface area contributed by atoms with Gasteiger partial charge in [-0.1, -0.05) is 36.4 Å². The Bertz CT molecular complexity index is 885. The van der Waals surface area contributed by atoms with Crippen LogP contribution in [0.15, 0.2) is 41.5 Å². The molecule has 2 N–H and O–H groups in total. The van der Waals surface area contributed by atoms with Gasteiger partial charge in [-0.05, 0) is 17.6 Å². The molecule has 1 saturated heterocycles. The van der Waals surface area contributed by atoms with Gasteiger partial charge in [0.05, 0.1) is 13.2 Å². The Kier molecular flexibility index (Phi) is 4.92. The molecule has 0 spiro atoms. The minimum absolute atomic E-state index is 0.0691. The van der Waals surface area contributed by atoms with Crippen molar-refractivity contribution in [2.75, 3.05) is 39.4 Å². The highest BCUT2D eigenvalue weighted by molar-refractivity contribution is 7.80. The summed E-state index contributed by atoms with van der Waals surface area (Å²) >= 11 is 5.28. The summed E-state index contributed by atoms with van der Waals surface area (Å²) in [6, 6.07) is 11.6. The number of benzene rings is 2. The third-order valence-corrected chi connectivity index (χ3v) is 4.94. The zero-order valence-electron chi connectivity index (χ0n) is 14.3. The first kappa shape index (κ1) is 17.1. The van der Waals surface area contributed by atoms with Crippen LogP contribution in [0.4, 0.5) is 0 Å². The smallest absolute Gasteiger partial charge is 0.214 e. The number of morpholine rings is 1. The molecule has 0 saturated carbocycles. The van der Waals surface area contributed by atoms with Gasteiger partial charge in [-0.15, -0.1) is 0 Å².